The molecule has 0 aromatic rings. The van der Waals surface area contributed by atoms with Gasteiger partial charge in [0.15, 0.2) is 0 Å². The normalized spacial score (nSPS) is 23.9. The molecule has 0 heterocycles. The highest BCUT2D eigenvalue weighted by molar-refractivity contribution is 5.79. The molecular formula is C16H32N2O. The molecule has 0 bridgehead atoms. The highest BCUT2D eigenvalue weighted by Crippen LogP contribution is 2.22. The van der Waals surface area contributed by atoms with Crippen molar-refractivity contribution in [1.82, 2.24) is 5.32 Å². The van der Waals surface area contributed by atoms with Gasteiger partial charge in [0, 0.05) is 12.6 Å². The summed E-state index contributed by atoms with van der Waals surface area (Å²) in [6.07, 6.45) is 13.2. The van der Waals surface area contributed by atoms with E-state index in [4.69, 9.17) is 5.73 Å². The number of hydrogen-bond donors (Lipinski definition) is 2. The molecule has 0 aliphatic heterocycles. The van der Waals surface area contributed by atoms with E-state index in [1.165, 1.54) is 44.9 Å². The number of carbonyl (C=O) groups is 1. The lowest BCUT2D eigenvalue weighted by Gasteiger charge is -2.20. The first-order chi connectivity index (χ1) is 9.25. The fraction of sp³-hybridized carbons (Fsp3) is 0.938. The highest BCUT2D eigenvalue weighted by atomic mass is 16.1. The van der Waals surface area contributed by atoms with E-state index in [-0.39, 0.29) is 17.9 Å². The van der Waals surface area contributed by atoms with Crippen LogP contribution in [0, 0.1) is 5.92 Å². The summed E-state index contributed by atoms with van der Waals surface area (Å²) in [5.41, 5.74) is 6.10. The molecule has 0 saturated heterocycles. The third kappa shape index (κ3) is 6.95. The molecule has 1 rings (SSSR count). The molecule has 2 atom stereocenters. The number of carbonyl (C=O) groups excluding carboxylic acids is 1. The van der Waals surface area contributed by atoms with Crippen molar-refractivity contribution in [3.63, 3.8) is 0 Å². The number of nitrogens with one attached hydrogen (secondary N) is 1. The van der Waals surface area contributed by atoms with Gasteiger partial charge in [0.2, 0.25) is 5.91 Å². The fourth-order valence-electron chi connectivity index (χ4n) is 2.91. The second kappa shape index (κ2) is 10.2. The maximum absolute atomic E-state index is 12.1. The zero-order valence-electron chi connectivity index (χ0n) is 12.6. The van der Waals surface area contributed by atoms with Crippen LogP contribution in [0.1, 0.15) is 77.6 Å². The maximum atomic E-state index is 12.1. The van der Waals surface area contributed by atoms with Crippen LogP contribution >= 0.6 is 0 Å². The molecule has 3 N–H and O–H groups in total. The zero-order chi connectivity index (χ0) is 13.9. The Morgan fingerprint density at radius 3 is 2.53 bits per heavy atom. The maximum Gasteiger partial charge on any atom is 0.224 e. The van der Waals surface area contributed by atoms with Crippen molar-refractivity contribution < 1.29 is 4.79 Å². The third-order valence-electron chi connectivity index (χ3n) is 4.24. The van der Waals surface area contributed by atoms with Crippen LogP contribution in [-0.2, 0) is 4.79 Å². The number of unbranched alkanes of at least 4 members (excludes halogenated alkanes) is 5. The molecule has 0 aromatic heterocycles. The van der Waals surface area contributed by atoms with Gasteiger partial charge in [-0.2, -0.15) is 0 Å². The molecule has 3 nitrogen and oxygen atoms in total. The van der Waals surface area contributed by atoms with E-state index in [0.717, 1.165) is 32.2 Å². The molecule has 1 fully saturated rings. The predicted molar refractivity (Wildman–Crippen MR) is 80.9 cm³/mol. The molecule has 3 heteroatoms. The van der Waals surface area contributed by atoms with Gasteiger partial charge in [-0.3, -0.25) is 4.79 Å². The standard InChI is InChI=1S/C16H32N2O/c1-2-3-4-5-6-10-13-18-16(19)14-11-8-7-9-12-15(14)17/h14-15H,2-13,17H2,1H3,(H,18,19). The SMILES string of the molecule is CCCCCCCCNC(=O)C1CCCCCC1N. The summed E-state index contributed by atoms with van der Waals surface area (Å²) in [5.74, 6) is 0.255. The summed E-state index contributed by atoms with van der Waals surface area (Å²) in [6, 6.07) is 0.0760. The number of nitrogens with two attached hydrogens (primary N) is 1. The van der Waals surface area contributed by atoms with Gasteiger partial charge in [0.05, 0.1) is 5.92 Å². The van der Waals surface area contributed by atoms with Crippen LogP contribution in [-0.4, -0.2) is 18.5 Å². The van der Waals surface area contributed by atoms with Crippen LogP contribution in [0.3, 0.4) is 0 Å². The Morgan fingerprint density at radius 2 is 1.74 bits per heavy atom. The Labute approximate surface area is 118 Å². The first-order valence-electron chi connectivity index (χ1n) is 8.29. The summed E-state index contributed by atoms with van der Waals surface area (Å²) in [4.78, 5) is 12.1. The summed E-state index contributed by atoms with van der Waals surface area (Å²) in [6.45, 7) is 3.06. The van der Waals surface area contributed by atoms with Crippen LogP contribution in [0.4, 0.5) is 0 Å². The Balaban J connectivity index is 2.09. The van der Waals surface area contributed by atoms with Gasteiger partial charge in [-0.15, -0.1) is 0 Å². The average Bonchev–Trinajstić information content (AvgIpc) is 2.62. The van der Waals surface area contributed by atoms with Gasteiger partial charge >= 0.3 is 0 Å². The lowest BCUT2D eigenvalue weighted by atomic mass is 9.94. The molecule has 1 saturated carbocycles. The van der Waals surface area contributed by atoms with Crippen LogP contribution in [0.15, 0.2) is 0 Å². The van der Waals surface area contributed by atoms with Crippen molar-refractivity contribution in [3.05, 3.63) is 0 Å². The van der Waals surface area contributed by atoms with Gasteiger partial charge in [-0.1, -0.05) is 58.3 Å². The molecule has 1 aliphatic carbocycles. The summed E-state index contributed by atoms with van der Waals surface area (Å²) >= 11 is 0. The van der Waals surface area contributed by atoms with Crippen molar-refractivity contribution >= 4 is 5.91 Å². The first kappa shape index (κ1) is 16.5. The Morgan fingerprint density at radius 1 is 1.05 bits per heavy atom. The molecule has 112 valence electrons. The average molecular weight is 268 g/mol. The van der Waals surface area contributed by atoms with Crippen LogP contribution in [0.5, 0.6) is 0 Å². The van der Waals surface area contributed by atoms with Crippen LogP contribution in [0.25, 0.3) is 0 Å². The highest BCUT2D eigenvalue weighted by Gasteiger charge is 2.26. The Bertz CT molecular complexity index is 243. The van der Waals surface area contributed by atoms with Crippen LogP contribution < -0.4 is 11.1 Å². The van der Waals surface area contributed by atoms with E-state index in [0.29, 0.717) is 0 Å². The van der Waals surface area contributed by atoms with Gasteiger partial charge in [-0.25, -0.2) is 0 Å². The van der Waals surface area contributed by atoms with E-state index in [1.807, 2.05) is 0 Å². The smallest absolute Gasteiger partial charge is 0.224 e. The summed E-state index contributed by atoms with van der Waals surface area (Å²) in [5, 5.41) is 3.08. The van der Waals surface area contributed by atoms with Gasteiger partial charge in [0.25, 0.3) is 0 Å². The van der Waals surface area contributed by atoms with Crippen LogP contribution in [0.2, 0.25) is 0 Å². The Hall–Kier alpha value is -0.570. The quantitative estimate of drug-likeness (QED) is 0.524. The Kier molecular flexibility index (Phi) is 8.89. The summed E-state index contributed by atoms with van der Waals surface area (Å²) < 4.78 is 0. The number of amides is 1. The molecule has 0 spiro atoms. The fourth-order valence-corrected chi connectivity index (χ4v) is 2.91. The molecular weight excluding hydrogens is 236 g/mol. The van der Waals surface area contributed by atoms with Crippen molar-refractivity contribution in [1.29, 1.82) is 0 Å². The molecule has 1 amide bonds. The predicted octanol–water partition coefficient (Wildman–Crippen LogP) is 3.37. The van der Waals surface area contributed by atoms with Crippen molar-refractivity contribution in [2.24, 2.45) is 11.7 Å². The molecule has 0 radical (unpaired) electrons. The zero-order valence-corrected chi connectivity index (χ0v) is 12.6. The van der Waals surface area contributed by atoms with E-state index < -0.39 is 0 Å². The minimum atomic E-state index is 0.0580. The van der Waals surface area contributed by atoms with Gasteiger partial charge in [-0.05, 0) is 19.3 Å². The van der Waals surface area contributed by atoms with Gasteiger partial charge in [0.1, 0.15) is 0 Å². The van der Waals surface area contributed by atoms with Crippen molar-refractivity contribution in [3.8, 4) is 0 Å². The first-order valence-corrected chi connectivity index (χ1v) is 8.29. The molecule has 0 aromatic carbocycles. The van der Waals surface area contributed by atoms with E-state index in [1.54, 1.807) is 0 Å². The lowest BCUT2D eigenvalue weighted by Crippen LogP contribution is -2.41. The topological polar surface area (TPSA) is 55.1 Å². The van der Waals surface area contributed by atoms with Gasteiger partial charge < -0.3 is 11.1 Å². The second-order valence-electron chi connectivity index (χ2n) is 5.97. The summed E-state index contributed by atoms with van der Waals surface area (Å²) in [7, 11) is 0. The number of hydrogen-bond acceptors (Lipinski definition) is 2. The largest absolute Gasteiger partial charge is 0.356 e. The van der Waals surface area contributed by atoms with Crippen molar-refractivity contribution in [2.75, 3.05) is 6.54 Å². The van der Waals surface area contributed by atoms with E-state index in [9.17, 15) is 4.79 Å². The minimum Gasteiger partial charge on any atom is -0.356 e. The second-order valence-corrected chi connectivity index (χ2v) is 5.97. The number of rotatable bonds is 8. The third-order valence-corrected chi connectivity index (χ3v) is 4.24. The van der Waals surface area contributed by atoms with E-state index in [2.05, 4.69) is 12.2 Å². The molecule has 2 unspecified atom stereocenters. The van der Waals surface area contributed by atoms with E-state index >= 15 is 0 Å². The molecule has 19 heavy (non-hydrogen) atoms. The monoisotopic (exact) mass is 268 g/mol. The molecule has 1 aliphatic rings. The van der Waals surface area contributed by atoms with Crippen molar-refractivity contribution in [2.45, 2.75) is 83.6 Å². The lowest BCUT2D eigenvalue weighted by molar-refractivity contribution is -0.125. The minimum absolute atomic E-state index is 0.0580.